The molecule has 4 rings (SSSR count). The second-order valence-corrected chi connectivity index (χ2v) is 6.65. The normalized spacial score (nSPS) is 15.5. The Morgan fingerprint density at radius 3 is 2.96 bits per heavy atom. The fraction of sp³-hybridized carbons (Fsp3) is 0.353. The lowest BCUT2D eigenvalue weighted by molar-refractivity contribution is -0.132. The maximum atomic E-state index is 12.7. The number of nitrogens with one attached hydrogen (secondary N) is 1. The Labute approximate surface area is 165 Å². The van der Waals surface area contributed by atoms with Gasteiger partial charge in [-0.3, -0.25) is 14.3 Å². The minimum atomic E-state index is -0.250. The molecule has 1 aliphatic rings. The van der Waals surface area contributed by atoms with Crippen LogP contribution >= 0.6 is 11.6 Å². The number of fused-ring (bicyclic) bond motifs is 1. The first kappa shape index (κ1) is 19.6. The fourth-order valence-corrected chi connectivity index (χ4v) is 3.34. The number of carbonyl (C=O) groups excluding carboxylic acids is 1. The molecule has 0 radical (unpaired) electrons. The van der Waals surface area contributed by atoms with E-state index in [0.29, 0.717) is 36.8 Å². The Bertz CT molecular complexity index is 949. The topological polar surface area (TPSA) is 130 Å². The second kappa shape index (κ2) is 8.70. The maximum Gasteiger partial charge on any atom is 0.290 e. The van der Waals surface area contributed by atoms with Crippen LogP contribution in [0.15, 0.2) is 29.3 Å². The number of carbonyl (C=O) groups is 2. The zero-order valence-electron chi connectivity index (χ0n) is 15.1. The number of aromatic nitrogens is 5. The van der Waals surface area contributed by atoms with Gasteiger partial charge in [0.2, 0.25) is 5.91 Å². The summed E-state index contributed by atoms with van der Waals surface area (Å²) in [5, 5.41) is 15.1. The van der Waals surface area contributed by atoms with E-state index in [-0.39, 0.29) is 18.3 Å². The number of amides is 1. The molecule has 28 heavy (non-hydrogen) atoms. The summed E-state index contributed by atoms with van der Waals surface area (Å²) in [6.45, 7) is 0.863. The predicted octanol–water partition coefficient (Wildman–Crippen LogP) is 1.59. The number of H-pyrrole nitrogens is 1. The van der Waals surface area contributed by atoms with Crippen molar-refractivity contribution in [2.24, 2.45) is 7.05 Å². The van der Waals surface area contributed by atoms with Crippen molar-refractivity contribution in [1.82, 2.24) is 29.8 Å². The van der Waals surface area contributed by atoms with Crippen LogP contribution in [-0.4, -0.2) is 53.8 Å². The fourth-order valence-electron chi connectivity index (χ4n) is 3.19. The van der Waals surface area contributed by atoms with Gasteiger partial charge in [-0.2, -0.15) is 5.10 Å². The third-order valence-electron chi connectivity index (χ3n) is 4.43. The molecule has 0 aliphatic carbocycles. The van der Waals surface area contributed by atoms with E-state index < -0.39 is 0 Å². The molecule has 3 aromatic heterocycles. The average molecular weight is 407 g/mol. The third-order valence-corrected chi connectivity index (χ3v) is 4.61. The van der Waals surface area contributed by atoms with Gasteiger partial charge >= 0.3 is 0 Å². The Hall–Kier alpha value is -3.14. The smallest absolute Gasteiger partial charge is 0.290 e. The van der Waals surface area contributed by atoms with Gasteiger partial charge in [-0.1, -0.05) is 16.8 Å². The zero-order chi connectivity index (χ0) is 20.1. The van der Waals surface area contributed by atoms with Gasteiger partial charge in [0.1, 0.15) is 5.76 Å². The van der Waals surface area contributed by atoms with Gasteiger partial charge in [0, 0.05) is 50.2 Å². The number of rotatable bonds is 4. The number of aryl methyl sites for hydroxylation is 2. The molecular weight excluding hydrogens is 388 g/mol. The summed E-state index contributed by atoms with van der Waals surface area (Å²) < 4.78 is 6.82. The molecule has 1 amide bonds. The Morgan fingerprint density at radius 2 is 2.32 bits per heavy atom. The zero-order valence-corrected chi connectivity index (χ0v) is 15.8. The number of carboxylic acid groups (broad SMARTS) is 1. The lowest BCUT2D eigenvalue weighted by Crippen LogP contribution is -2.38. The van der Waals surface area contributed by atoms with Crippen molar-refractivity contribution in [2.45, 2.75) is 25.3 Å². The van der Waals surface area contributed by atoms with Gasteiger partial charge in [0.25, 0.3) is 6.47 Å². The van der Waals surface area contributed by atoms with Crippen LogP contribution in [0.1, 0.15) is 35.1 Å². The van der Waals surface area contributed by atoms with E-state index in [1.807, 2.05) is 24.3 Å². The highest BCUT2D eigenvalue weighted by Crippen LogP contribution is 2.31. The minimum absolute atomic E-state index is 0.0207. The van der Waals surface area contributed by atoms with Crippen LogP contribution in [0.2, 0.25) is 5.15 Å². The largest absolute Gasteiger partial charge is 0.483 e. The first-order valence-corrected chi connectivity index (χ1v) is 8.87. The van der Waals surface area contributed by atoms with E-state index in [1.54, 1.807) is 17.1 Å². The molecule has 148 valence electrons. The van der Waals surface area contributed by atoms with Crippen molar-refractivity contribution >= 4 is 24.0 Å². The van der Waals surface area contributed by atoms with Crippen molar-refractivity contribution in [1.29, 1.82) is 0 Å². The highest BCUT2D eigenvalue weighted by atomic mass is 35.5. The lowest BCUT2D eigenvalue weighted by Gasteiger charge is -2.31. The number of imidazole rings is 1. The van der Waals surface area contributed by atoms with Crippen LogP contribution in [0, 0.1) is 0 Å². The van der Waals surface area contributed by atoms with Crippen LogP contribution in [0.5, 0.6) is 0 Å². The van der Waals surface area contributed by atoms with Crippen molar-refractivity contribution in [3.8, 4) is 0 Å². The van der Waals surface area contributed by atoms with Crippen LogP contribution in [0.4, 0.5) is 0 Å². The molecule has 1 aliphatic heterocycles. The van der Waals surface area contributed by atoms with E-state index in [2.05, 4.69) is 20.2 Å². The summed E-state index contributed by atoms with van der Waals surface area (Å²) >= 11 is 5.74. The summed E-state index contributed by atoms with van der Waals surface area (Å²) in [7, 11) is 1.88. The first-order valence-electron chi connectivity index (χ1n) is 8.49. The van der Waals surface area contributed by atoms with E-state index in [4.69, 9.17) is 26.0 Å². The molecule has 10 nitrogen and oxygen atoms in total. The standard InChI is InChI=1S/C16H17ClN6O2.CH2O2/c1-22-6-10(5-20-22)12-7-23(8-13-16(12)19-9-18-13)15(24)3-2-11-4-14(17)21-25-11;2-1-3/h4-6,9,12H,2-3,7-8H2,1H3,(H,18,19);1H,(H,2,3). The molecule has 0 bridgehead atoms. The molecule has 0 saturated heterocycles. The summed E-state index contributed by atoms with van der Waals surface area (Å²) in [5.74, 6) is 0.690. The van der Waals surface area contributed by atoms with E-state index in [0.717, 1.165) is 17.0 Å². The Morgan fingerprint density at radius 1 is 1.54 bits per heavy atom. The molecule has 3 aromatic rings. The monoisotopic (exact) mass is 406 g/mol. The highest BCUT2D eigenvalue weighted by Gasteiger charge is 2.31. The van der Waals surface area contributed by atoms with Crippen molar-refractivity contribution in [2.75, 3.05) is 6.54 Å². The average Bonchev–Trinajstić information content (AvgIpc) is 3.40. The molecule has 0 spiro atoms. The molecule has 4 heterocycles. The van der Waals surface area contributed by atoms with Crippen LogP contribution < -0.4 is 0 Å². The number of hydrogen-bond donors (Lipinski definition) is 2. The lowest BCUT2D eigenvalue weighted by atomic mass is 9.93. The second-order valence-electron chi connectivity index (χ2n) is 6.26. The molecule has 0 fully saturated rings. The van der Waals surface area contributed by atoms with E-state index >= 15 is 0 Å². The number of halogens is 1. The molecule has 1 unspecified atom stereocenters. The van der Waals surface area contributed by atoms with E-state index in [1.165, 1.54) is 0 Å². The summed E-state index contributed by atoms with van der Waals surface area (Å²) in [6, 6.07) is 1.64. The van der Waals surface area contributed by atoms with Crippen molar-refractivity contribution in [3.05, 3.63) is 52.7 Å². The van der Waals surface area contributed by atoms with Gasteiger partial charge in [-0.25, -0.2) is 4.98 Å². The summed E-state index contributed by atoms with van der Waals surface area (Å²) in [5.41, 5.74) is 3.01. The molecule has 0 saturated carbocycles. The summed E-state index contributed by atoms with van der Waals surface area (Å²) in [6.07, 6.45) is 6.29. The van der Waals surface area contributed by atoms with Crippen LogP contribution in [0.3, 0.4) is 0 Å². The molecular formula is C17H19ClN6O4. The number of aromatic amines is 1. The molecule has 2 N–H and O–H groups in total. The number of hydrogen-bond acceptors (Lipinski definition) is 6. The van der Waals surface area contributed by atoms with Crippen molar-refractivity contribution < 1.29 is 19.2 Å². The van der Waals surface area contributed by atoms with Gasteiger partial charge in [0.05, 0.1) is 30.5 Å². The SMILES string of the molecule is Cn1cc(C2CN(C(=O)CCc3cc(Cl)no3)Cc3[nH]cnc32)cn1.O=CO. The summed E-state index contributed by atoms with van der Waals surface area (Å²) in [4.78, 5) is 30.5. The van der Waals surface area contributed by atoms with E-state index in [9.17, 15) is 4.79 Å². The number of nitrogens with zero attached hydrogens (tertiary/aromatic N) is 5. The molecule has 0 aromatic carbocycles. The van der Waals surface area contributed by atoms with Crippen LogP contribution in [0.25, 0.3) is 0 Å². The molecule has 11 heteroatoms. The quantitative estimate of drug-likeness (QED) is 0.629. The Kier molecular flexibility index (Phi) is 6.09. The third kappa shape index (κ3) is 4.39. The Balaban J connectivity index is 0.000000706. The van der Waals surface area contributed by atoms with Gasteiger partial charge in [-0.05, 0) is 0 Å². The highest BCUT2D eigenvalue weighted by molar-refractivity contribution is 6.29. The first-order chi connectivity index (χ1) is 13.5. The molecule has 1 atom stereocenters. The minimum Gasteiger partial charge on any atom is -0.483 e. The predicted molar refractivity (Wildman–Crippen MR) is 97.6 cm³/mol. The van der Waals surface area contributed by atoms with Gasteiger partial charge < -0.3 is 19.5 Å². The van der Waals surface area contributed by atoms with Gasteiger partial charge in [-0.15, -0.1) is 0 Å². The van der Waals surface area contributed by atoms with Crippen LogP contribution in [-0.2, 0) is 29.6 Å². The van der Waals surface area contributed by atoms with Crippen molar-refractivity contribution in [3.63, 3.8) is 0 Å². The maximum absolute atomic E-state index is 12.7. The van der Waals surface area contributed by atoms with Gasteiger partial charge in [0.15, 0.2) is 5.15 Å².